The van der Waals surface area contributed by atoms with Crippen molar-refractivity contribution in [1.29, 1.82) is 0 Å². The first kappa shape index (κ1) is 14.1. The fraction of sp³-hybridized carbons (Fsp3) is 0.375. The summed E-state index contributed by atoms with van der Waals surface area (Å²) in [7, 11) is 1.94. The predicted molar refractivity (Wildman–Crippen MR) is 83.1 cm³/mol. The first-order valence-electron chi connectivity index (χ1n) is 7.76. The smallest absolute Gasteiger partial charge is 0.241 e. The van der Waals surface area contributed by atoms with Gasteiger partial charge in [0, 0.05) is 31.0 Å². The largest absolute Gasteiger partial charge is 0.337 e. The number of hydrogen-bond acceptors (Lipinski definition) is 6. The molecule has 3 aromatic heterocycles. The molecule has 118 valence electrons. The van der Waals surface area contributed by atoms with E-state index in [0.29, 0.717) is 24.3 Å². The molecule has 4 heterocycles. The van der Waals surface area contributed by atoms with Gasteiger partial charge in [0.2, 0.25) is 11.7 Å². The second-order valence-corrected chi connectivity index (χ2v) is 5.80. The zero-order valence-corrected chi connectivity index (χ0v) is 13.0. The minimum Gasteiger partial charge on any atom is -0.337 e. The van der Waals surface area contributed by atoms with Gasteiger partial charge < -0.3 is 4.52 Å². The molecule has 1 aliphatic heterocycles. The molecule has 1 fully saturated rings. The summed E-state index contributed by atoms with van der Waals surface area (Å²) in [5.41, 5.74) is 1.97. The number of likely N-dealkylation sites (tertiary alicyclic amines) is 1. The highest BCUT2D eigenvalue weighted by Crippen LogP contribution is 2.32. The molecule has 0 bridgehead atoms. The third kappa shape index (κ3) is 2.87. The van der Waals surface area contributed by atoms with E-state index >= 15 is 0 Å². The summed E-state index contributed by atoms with van der Waals surface area (Å²) in [6, 6.07) is 6.03. The van der Waals surface area contributed by atoms with Gasteiger partial charge >= 0.3 is 0 Å². The van der Waals surface area contributed by atoms with Gasteiger partial charge in [-0.1, -0.05) is 11.2 Å². The van der Waals surface area contributed by atoms with Crippen molar-refractivity contribution in [1.82, 2.24) is 29.8 Å². The van der Waals surface area contributed by atoms with Crippen molar-refractivity contribution in [3.05, 3.63) is 48.2 Å². The van der Waals surface area contributed by atoms with Gasteiger partial charge in [0.05, 0.1) is 12.7 Å². The van der Waals surface area contributed by atoms with E-state index in [1.807, 2.05) is 36.1 Å². The second kappa shape index (κ2) is 5.92. The topological polar surface area (TPSA) is 72.9 Å². The minimum atomic E-state index is 0.369. The molecular formula is C16H18N6O. The van der Waals surface area contributed by atoms with Crippen LogP contribution in [0.25, 0.3) is 11.5 Å². The summed E-state index contributed by atoms with van der Waals surface area (Å²) in [6.07, 6.45) is 8.05. The first-order chi connectivity index (χ1) is 11.3. The molecule has 23 heavy (non-hydrogen) atoms. The molecular weight excluding hydrogens is 292 g/mol. The lowest BCUT2D eigenvalue weighted by atomic mass is 10.1. The van der Waals surface area contributed by atoms with Crippen LogP contribution < -0.4 is 0 Å². The lowest BCUT2D eigenvalue weighted by Gasteiger charge is -2.21. The van der Waals surface area contributed by atoms with Crippen LogP contribution in [0.1, 0.15) is 30.3 Å². The van der Waals surface area contributed by atoms with Crippen LogP contribution in [0, 0.1) is 0 Å². The van der Waals surface area contributed by atoms with Crippen molar-refractivity contribution in [2.75, 3.05) is 6.54 Å². The second-order valence-electron chi connectivity index (χ2n) is 5.80. The zero-order chi connectivity index (χ0) is 15.6. The van der Waals surface area contributed by atoms with E-state index in [2.05, 4.69) is 31.3 Å². The molecule has 1 atom stereocenters. The normalized spacial score (nSPS) is 18.6. The van der Waals surface area contributed by atoms with Crippen molar-refractivity contribution >= 4 is 0 Å². The van der Waals surface area contributed by atoms with Crippen LogP contribution in [0.2, 0.25) is 0 Å². The van der Waals surface area contributed by atoms with Crippen LogP contribution in [0.15, 0.2) is 41.3 Å². The lowest BCUT2D eigenvalue weighted by molar-refractivity contribution is 0.212. The van der Waals surface area contributed by atoms with Crippen molar-refractivity contribution < 1.29 is 4.52 Å². The number of hydrogen-bond donors (Lipinski definition) is 0. The van der Waals surface area contributed by atoms with E-state index in [0.717, 1.165) is 18.7 Å². The molecule has 1 saturated heterocycles. The summed E-state index contributed by atoms with van der Waals surface area (Å²) >= 11 is 0. The molecule has 0 spiro atoms. The van der Waals surface area contributed by atoms with Crippen molar-refractivity contribution in [2.24, 2.45) is 7.05 Å². The molecule has 4 rings (SSSR count). The minimum absolute atomic E-state index is 0.369. The summed E-state index contributed by atoms with van der Waals surface area (Å²) in [5.74, 6) is 1.17. The highest BCUT2D eigenvalue weighted by atomic mass is 16.5. The molecule has 0 N–H and O–H groups in total. The predicted octanol–water partition coefficient (Wildman–Crippen LogP) is 2.20. The van der Waals surface area contributed by atoms with E-state index < -0.39 is 0 Å². The summed E-state index contributed by atoms with van der Waals surface area (Å²) in [5, 5.41) is 8.32. The number of rotatable bonds is 4. The standard InChI is InChI=1S/C16H18N6O/c1-21-10-12(9-18-21)14-6-4-8-22(14)11-15-19-16(20-23-15)13-5-2-3-7-17-13/h2-3,5,7,9-10,14H,4,6,8,11H2,1H3/t14-/m1/s1. The Bertz CT molecular complexity index is 781. The fourth-order valence-electron chi connectivity index (χ4n) is 3.10. The van der Waals surface area contributed by atoms with Gasteiger partial charge in [-0.15, -0.1) is 0 Å². The van der Waals surface area contributed by atoms with E-state index in [-0.39, 0.29) is 0 Å². The highest BCUT2D eigenvalue weighted by Gasteiger charge is 2.28. The van der Waals surface area contributed by atoms with Crippen LogP contribution >= 0.6 is 0 Å². The van der Waals surface area contributed by atoms with Gasteiger partial charge in [-0.05, 0) is 31.5 Å². The van der Waals surface area contributed by atoms with Gasteiger partial charge in [0.15, 0.2) is 0 Å². The number of nitrogens with zero attached hydrogens (tertiary/aromatic N) is 6. The summed E-state index contributed by atoms with van der Waals surface area (Å²) in [6.45, 7) is 1.68. The lowest BCUT2D eigenvalue weighted by Crippen LogP contribution is -2.22. The third-order valence-corrected chi connectivity index (χ3v) is 4.17. The van der Waals surface area contributed by atoms with Crippen LogP contribution in [0.5, 0.6) is 0 Å². The van der Waals surface area contributed by atoms with E-state index in [9.17, 15) is 0 Å². The average Bonchev–Trinajstić information content (AvgIpc) is 3.29. The van der Waals surface area contributed by atoms with Gasteiger partial charge in [-0.2, -0.15) is 10.1 Å². The van der Waals surface area contributed by atoms with Crippen LogP contribution in [-0.4, -0.2) is 36.3 Å². The van der Waals surface area contributed by atoms with E-state index in [4.69, 9.17) is 4.52 Å². The fourth-order valence-corrected chi connectivity index (χ4v) is 3.10. The Kier molecular flexibility index (Phi) is 3.63. The first-order valence-corrected chi connectivity index (χ1v) is 7.76. The Morgan fingerprint density at radius 2 is 2.30 bits per heavy atom. The van der Waals surface area contributed by atoms with Crippen LogP contribution in [0.4, 0.5) is 0 Å². The molecule has 0 saturated carbocycles. The van der Waals surface area contributed by atoms with Crippen molar-refractivity contribution in [3.63, 3.8) is 0 Å². The zero-order valence-electron chi connectivity index (χ0n) is 13.0. The molecule has 0 aromatic carbocycles. The molecule has 0 amide bonds. The average molecular weight is 310 g/mol. The van der Waals surface area contributed by atoms with E-state index in [1.54, 1.807) is 6.20 Å². The maximum absolute atomic E-state index is 5.41. The van der Waals surface area contributed by atoms with Gasteiger partial charge in [0.1, 0.15) is 5.69 Å². The Balaban J connectivity index is 1.50. The summed E-state index contributed by atoms with van der Waals surface area (Å²) in [4.78, 5) is 11.1. The van der Waals surface area contributed by atoms with Crippen LogP contribution in [-0.2, 0) is 13.6 Å². The molecule has 0 radical (unpaired) electrons. The maximum Gasteiger partial charge on any atom is 0.241 e. The Labute approximate surface area is 134 Å². The number of aryl methyl sites for hydroxylation is 1. The molecule has 7 nitrogen and oxygen atoms in total. The maximum atomic E-state index is 5.41. The molecule has 3 aromatic rings. The molecule has 1 aliphatic rings. The van der Waals surface area contributed by atoms with Gasteiger partial charge in [-0.3, -0.25) is 14.6 Å². The Hall–Kier alpha value is -2.54. The molecule has 7 heteroatoms. The van der Waals surface area contributed by atoms with Crippen molar-refractivity contribution in [2.45, 2.75) is 25.4 Å². The quantitative estimate of drug-likeness (QED) is 0.735. The molecule has 0 aliphatic carbocycles. The Morgan fingerprint density at radius 3 is 3.09 bits per heavy atom. The van der Waals surface area contributed by atoms with Gasteiger partial charge in [0.25, 0.3) is 0 Å². The van der Waals surface area contributed by atoms with Gasteiger partial charge in [-0.25, -0.2) is 0 Å². The Morgan fingerprint density at radius 1 is 1.35 bits per heavy atom. The highest BCUT2D eigenvalue weighted by molar-refractivity contribution is 5.46. The van der Waals surface area contributed by atoms with Crippen molar-refractivity contribution in [3.8, 4) is 11.5 Å². The SMILES string of the molecule is Cn1cc([C@H]2CCCN2Cc2nc(-c3ccccn3)no2)cn1. The van der Waals surface area contributed by atoms with E-state index in [1.165, 1.54) is 12.0 Å². The number of pyridine rings is 1. The molecule has 0 unspecified atom stereocenters. The summed E-state index contributed by atoms with van der Waals surface area (Å²) < 4.78 is 7.25. The monoisotopic (exact) mass is 310 g/mol. The third-order valence-electron chi connectivity index (χ3n) is 4.17. The number of aromatic nitrogens is 5. The van der Waals surface area contributed by atoms with Crippen LogP contribution in [0.3, 0.4) is 0 Å².